The van der Waals surface area contributed by atoms with Crippen LogP contribution in [0.5, 0.6) is 0 Å². The molecule has 2 N–H and O–H groups in total. The first kappa shape index (κ1) is 17.3. The molecule has 1 saturated carbocycles. The molecule has 0 aromatic heterocycles. The quantitative estimate of drug-likeness (QED) is 0.848. The average molecular weight is 363 g/mol. The number of hydrogen-bond donors (Lipinski definition) is 2. The van der Waals surface area contributed by atoms with Crippen molar-refractivity contribution in [2.24, 2.45) is 11.0 Å². The summed E-state index contributed by atoms with van der Waals surface area (Å²) >= 11 is 0. The van der Waals surface area contributed by atoms with Gasteiger partial charge in [-0.1, -0.05) is 12.1 Å². The first-order valence-corrected chi connectivity index (χ1v) is 9.07. The van der Waals surface area contributed by atoms with Crippen molar-refractivity contribution < 1.29 is 14.7 Å². The third kappa shape index (κ3) is 3.69. The Balaban J connectivity index is 1.38. The molecule has 0 saturated heterocycles. The number of carboxylic acids is 1. The fourth-order valence-electron chi connectivity index (χ4n) is 3.40. The van der Waals surface area contributed by atoms with E-state index in [1.165, 1.54) is 0 Å². The van der Waals surface area contributed by atoms with E-state index >= 15 is 0 Å². The number of nitrogens with zero attached hydrogens (tertiary/aromatic N) is 2. The smallest absolute Gasteiger partial charge is 0.307 e. The molecule has 6 nitrogen and oxygen atoms in total. The van der Waals surface area contributed by atoms with E-state index in [9.17, 15) is 9.59 Å². The Morgan fingerprint density at radius 1 is 1.11 bits per heavy atom. The predicted molar refractivity (Wildman–Crippen MR) is 104 cm³/mol. The van der Waals surface area contributed by atoms with E-state index in [0.717, 1.165) is 29.9 Å². The van der Waals surface area contributed by atoms with Crippen LogP contribution in [0.25, 0.3) is 0 Å². The summed E-state index contributed by atoms with van der Waals surface area (Å²) in [6.07, 6.45) is 1.65. The van der Waals surface area contributed by atoms with Crippen LogP contribution in [0.4, 0.5) is 11.4 Å². The first-order chi connectivity index (χ1) is 13.0. The highest BCUT2D eigenvalue weighted by Crippen LogP contribution is 2.47. The Morgan fingerprint density at radius 3 is 2.37 bits per heavy atom. The lowest BCUT2D eigenvalue weighted by molar-refractivity contribution is -0.138. The minimum atomic E-state index is -0.740. The largest absolute Gasteiger partial charge is 0.481 e. The summed E-state index contributed by atoms with van der Waals surface area (Å²) in [6, 6.07) is 14.8. The van der Waals surface area contributed by atoms with Gasteiger partial charge in [0.1, 0.15) is 0 Å². The molecule has 138 valence electrons. The topological polar surface area (TPSA) is 82.0 Å². The number of benzene rings is 2. The van der Waals surface area contributed by atoms with Crippen molar-refractivity contribution >= 4 is 29.0 Å². The van der Waals surface area contributed by atoms with Crippen LogP contribution in [0.2, 0.25) is 0 Å². The minimum Gasteiger partial charge on any atom is -0.481 e. The second kappa shape index (κ2) is 6.87. The van der Waals surface area contributed by atoms with Gasteiger partial charge in [0.05, 0.1) is 11.6 Å². The number of hydrazone groups is 1. The number of nitrogens with one attached hydrogen (secondary N) is 1. The molecule has 0 bridgehead atoms. The fraction of sp³-hybridized carbons (Fsp3) is 0.286. The van der Waals surface area contributed by atoms with E-state index in [1.54, 1.807) is 12.1 Å². The van der Waals surface area contributed by atoms with Crippen molar-refractivity contribution in [3.05, 3.63) is 59.7 Å². The lowest BCUT2D eigenvalue weighted by atomic mass is 10.1. The van der Waals surface area contributed by atoms with Gasteiger partial charge in [-0.3, -0.25) is 14.6 Å². The average Bonchev–Trinajstić information content (AvgIpc) is 3.37. The number of anilines is 2. The Kier molecular flexibility index (Phi) is 4.39. The number of carboxylic acid groups (broad SMARTS) is 1. The number of hydrogen-bond acceptors (Lipinski definition) is 4. The van der Waals surface area contributed by atoms with Gasteiger partial charge in [0.15, 0.2) is 0 Å². The molecule has 6 heteroatoms. The molecule has 1 heterocycles. The molecular formula is C21H21N3O3. The van der Waals surface area contributed by atoms with Gasteiger partial charge in [-0.05, 0) is 61.2 Å². The zero-order chi connectivity index (χ0) is 19.0. The standard InChI is InChI=1S/C21H21N3O3/c1-13-10-11-24(23-13)17-8-4-15(5-9-17)20(25)22-16-6-2-14(3-7-16)18-12-19(18)21(26)27/h2-9,18-19H,10-12H2,1H3,(H,22,25)(H,26,27)/t18-,19+/m0/s1. The van der Waals surface area contributed by atoms with Gasteiger partial charge < -0.3 is 10.4 Å². The lowest BCUT2D eigenvalue weighted by Gasteiger charge is -2.14. The normalized spacial score (nSPS) is 20.9. The Bertz CT molecular complexity index is 903. The summed E-state index contributed by atoms with van der Waals surface area (Å²) in [5, 5.41) is 18.3. The molecule has 1 aliphatic heterocycles. The number of carbonyl (C=O) groups is 2. The molecule has 2 aliphatic rings. The summed E-state index contributed by atoms with van der Waals surface area (Å²) in [5.41, 5.74) is 4.37. The number of carbonyl (C=O) groups excluding carboxylic acids is 1. The van der Waals surface area contributed by atoms with E-state index in [-0.39, 0.29) is 17.7 Å². The minimum absolute atomic E-state index is 0.0941. The summed E-state index contributed by atoms with van der Waals surface area (Å²) in [5.74, 6) is -1.09. The zero-order valence-electron chi connectivity index (χ0n) is 15.1. The molecule has 1 amide bonds. The molecule has 0 radical (unpaired) electrons. The van der Waals surface area contributed by atoms with Crippen LogP contribution in [0, 0.1) is 5.92 Å². The van der Waals surface area contributed by atoms with Crippen molar-refractivity contribution in [2.75, 3.05) is 16.9 Å². The number of amides is 1. The summed E-state index contributed by atoms with van der Waals surface area (Å²) in [6.45, 7) is 2.88. The van der Waals surface area contributed by atoms with Gasteiger partial charge in [0.25, 0.3) is 5.91 Å². The van der Waals surface area contributed by atoms with Crippen LogP contribution in [-0.4, -0.2) is 29.2 Å². The van der Waals surface area contributed by atoms with Crippen molar-refractivity contribution in [3.8, 4) is 0 Å². The lowest BCUT2D eigenvalue weighted by Crippen LogP contribution is -2.14. The van der Waals surface area contributed by atoms with E-state index in [1.807, 2.05) is 48.3 Å². The van der Waals surface area contributed by atoms with E-state index < -0.39 is 5.97 Å². The van der Waals surface area contributed by atoms with Gasteiger partial charge in [0, 0.05) is 29.9 Å². The predicted octanol–water partition coefficient (Wildman–Crippen LogP) is 3.71. The van der Waals surface area contributed by atoms with Crippen LogP contribution < -0.4 is 10.3 Å². The summed E-state index contributed by atoms with van der Waals surface area (Å²) in [4.78, 5) is 23.4. The molecule has 1 fully saturated rings. The molecule has 27 heavy (non-hydrogen) atoms. The van der Waals surface area contributed by atoms with Crippen LogP contribution in [-0.2, 0) is 4.79 Å². The van der Waals surface area contributed by atoms with E-state index in [4.69, 9.17) is 5.11 Å². The van der Waals surface area contributed by atoms with Crippen LogP contribution in [0.1, 0.15) is 41.6 Å². The van der Waals surface area contributed by atoms with Crippen molar-refractivity contribution in [1.82, 2.24) is 0 Å². The van der Waals surface area contributed by atoms with Crippen LogP contribution in [0.15, 0.2) is 53.6 Å². The Hall–Kier alpha value is -3.15. The molecule has 0 unspecified atom stereocenters. The molecule has 4 rings (SSSR count). The maximum atomic E-state index is 12.4. The van der Waals surface area contributed by atoms with Crippen molar-refractivity contribution in [1.29, 1.82) is 0 Å². The highest BCUT2D eigenvalue weighted by molar-refractivity contribution is 6.04. The fourth-order valence-corrected chi connectivity index (χ4v) is 3.40. The van der Waals surface area contributed by atoms with Gasteiger partial charge in [-0.25, -0.2) is 0 Å². The molecule has 2 aromatic carbocycles. The highest BCUT2D eigenvalue weighted by atomic mass is 16.4. The maximum absolute atomic E-state index is 12.4. The SMILES string of the molecule is CC1=NN(c2ccc(C(=O)Nc3ccc([C@@H]4C[C@H]4C(=O)O)cc3)cc2)CC1. The van der Waals surface area contributed by atoms with Gasteiger partial charge >= 0.3 is 5.97 Å². The van der Waals surface area contributed by atoms with Gasteiger partial charge in [-0.2, -0.15) is 5.10 Å². The highest BCUT2D eigenvalue weighted by Gasteiger charge is 2.43. The second-order valence-electron chi connectivity index (χ2n) is 7.12. The van der Waals surface area contributed by atoms with Crippen LogP contribution >= 0.6 is 0 Å². The van der Waals surface area contributed by atoms with E-state index in [0.29, 0.717) is 17.7 Å². The van der Waals surface area contributed by atoms with Gasteiger partial charge in [-0.15, -0.1) is 0 Å². The van der Waals surface area contributed by atoms with Gasteiger partial charge in [0.2, 0.25) is 0 Å². The third-order valence-electron chi connectivity index (χ3n) is 5.11. The monoisotopic (exact) mass is 363 g/mol. The van der Waals surface area contributed by atoms with E-state index in [2.05, 4.69) is 10.4 Å². The summed E-state index contributed by atoms with van der Waals surface area (Å²) < 4.78 is 0. The Morgan fingerprint density at radius 2 is 1.81 bits per heavy atom. The maximum Gasteiger partial charge on any atom is 0.307 e. The number of rotatable bonds is 5. The third-order valence-corrected chi connectivity index (χ3v) is 5.11. The number of aliphatic carboxylic acids is 1. The zero-order valence-corrected chi connectivity index (χ0v) is 15.1. The second-order valence-corrected chi connectivity index (χ2v) is 7.12. The molecular weight excluding hydrogens is 342 g/mol. The Labute approximate surface area is 157 Å². The molecule has 2 aromatic rings. The van der Waals surface area contributed by atoms with Crippen LogP contribution in [0.3, 0.4) is 0 Å². The van der Waals surface area contributed by atoms with Crippen molar-refractivity contribution in [3.63, 3.8) is 0 Å². The molecule has 1 aliphatic carbocycles. The molecule has 0 spiro atoms. The first-order valence-electron chi connectivity index (χ1n) is 9.07. The van der Waals surface area contributed by atoms with Crippen molar-refractivity contribution in [2.45, 2.75) is 25.7 Å². The molecule has 2 atom stereocenters. The summed E-state index contributed by atoms with van der Waals surface area (Å²) in [7, 11) is 0.